The summed E-state index contributed by atoms with van der Waals surface area (Å²) in [5.74, 6) is -0.305. The van der Waals surface area contributed by atoms with E-state index in [0.717, 1.165) is 33.4 Å². The number of rotatable bonds is 6. The van der Waals surface area contributed by atoms with E-state index in [1.165, 1.54) is 6.08 Å². The maximum atomic E-state index is 13.0. The number of aryl methyl sites for hydroxylation is 2. The Labute approximate surface area is 196 Å². The van der Waals surface area contributed by atoms with E-state index < -0.39 is 0 Å². The van der Waals surface area contributed by atoms with Gasteiger partial charge in [0.05, 0.1) is 0 Å². The second-order valence-electron chi connectivity index (χ2n) is 8.26. The molecule has 3 rings (SSSR count). The van der Waals surface area contributed by atoms with Gasteiger partial charge in [0, 0.05) is 59.7 Å². The fourth-order valence-electron chi connectivity index (χ4n) is 4.22. The standard InChI is InChI=1S/C24H29BrN4O3/c1-6-22(30)29-8-7-18(13-29)28(5)21-11-17(25)10-19(16(21)4)23(31)26-12-20-14(2)9-15(3)27-24(20)32/h6,9-11,18H,1,7-8,12-13H2,2-5H3,(H,26,31)(H,27,32). The second kappa shape index (κ2) is 9.73. The SMILES string of the molecule is C=CC(=O)N1CCC(N(C)c2cc(Br)cc(C(=O)NCc3c(C)cc(C)[nH]c3=O)c2C)C1. The Morgan fingerprint density at radius 1 is 1.31 bits per heavy atom. The van der Waals surface area contributed by atoms with Gasteiger partial charge < -0.3 is 20.1 Å². The van der Waals surface area contributed by atoms with Crippen molar-refractivity contribution < 1.29 is 9.59 Å². The van der Waals surface area contributed by atoms with Crippen LogP contribution in [-0.2, 0) is 11.3 Å². The molecule has 2 aromatic rings. The van der Waals surface area contributed by atoms with Crippen molar-refractivity contribution >= 4 is 33.4 Å². The average Bonchev–Trinajstić information content (AvgIpc) is 3.23. The van der Waals surface area contributed by atoms with E-state index in [0.29, 0.717) is 24.2 Å². The molecule has 1 aliphatic rings. The van der Waals surface area contributed by atoms with Gasteiger partial charge in [-0.25, -0.2) is 0 Å². The van der Waals surface area contributed by atoms with Crippen LogP contribution in [0, 0.1) is 20.8 Å². The lowest BCUT2D eigenvalue weighted by molar-refractivity contribution is -0.125. The van der Waals surface area contributed by atoms with E-state index in [9.17, 15) is 14.4 Å². The Morgan fingerprint density at radius 3 is 2.69 bits per heavy atom. The van der Waals surface area contributed by atoms with Gasteiger partial charge in [-0.3, -0.25) is 14.4 Å². The topological polar surface area (TPSA) is 85.5 Å². The number of halogens is 1. The minimum atomic E-state index is -0.243. The Kier molecular flexibility index (Phi) is 7.23. The largest absolute Gasteiger partial charge is 0.369 e. The number of anilines is 1. The molecule has 32 heavy (non-hydrogen) atoms. The molecule has 7 nitrogen and oxygen atoms in total. The third kappa shape index (κ3) is 4.96. The first kappa shape index (κ1) is 23.8. The number of nitrogens with zero attached hydrogens (tertiary/aromatic N) is 2. The molecule has 1 saturated heterocycles. The van der Waals surface area contributed by atoms with Crippen molar-refractivity contribution in [1.29, 1.82) is 0 Å². The highest BCUT2D eigenvalue weighted by Crippen LogP contribution is 2.31. The maximum absolute atomic E-state index is 13.0. The number of carbonyl (C=O) groups is 2. The summed E-state index contributed by atoms with van der Waals surface area (Å²) in [6.07, 6.45) is 2.19. The lowest BCUT2D eigenvalue weighted by Crippen LogP contribution is -2.36. The normalized spacial score (nSPS) is 15.5. The molecule has 0 saturated carbocycles. The number of hydrogen-bond acceptors (Lipinski definition) is 4. The quantitative estimate of drug-likeness (QED) is 0.596. The molecule has 2 N–H and O–H groups in total. The monoisotopic (exact) mass is 500 g/mol. The Morgan fingerprint density at radius 2 is 2.03 bits per heavy atom. The third-order valence-corrected chi connectivity index (χ3v) is 6.54. The van der Waals surface area contributed by atoms with Crippen LogP contribution in [0.5, 0.6) is 0 Å². The maximum Gasteiger partial charge on any atom is 0.253 e. The summed E-state index contributed by atoms with van der Waals surface area (Å²) >= 11 is 3.53. The van der Waals surface area contributed by atoms with E-state index in [1.807, 2.05) is 40.0 Å². The van der Waals surface area contributed by atoms with E-state index in [4.69, 9.17) is 0 Å². The van der Waals surface area contributed by atoms with Gasteiger partial charge >= 0.3 is 0 Å². The molecular weight excluding hydrogens is 472 g/mol. The summed E-state index contributed by atoms with van der Waals surface area (Å²) in [4.78, 5) is 43.9. The van der Waals surface area contributed by atoms with Gasteiger partial charge in [0.25, 0.3) is 11.5 Å². The predicted octanol–water partition coefficient (Wildman–Crippen LogP) is 3.22. The van der Waals surface area contributed by atoms with Crippen LogP contribution in [-0.4, -0.2) is 47.9 Å². The lowest BCUT2D eigenvalue weighted by atomic mass is 10.0. The molecule has 1 atom stereocenters. The van der Waals surface area contributed by atoms with Gasteiger partial charge in [-0.05, 0) is 62.6 Å². The molecule has 0 radical (unpaired) electrons. The first-order valence-corrected chi connectivity index (χ1v) is 11.3. The Bertz CT molecular complexity index is 1120. The number of pyridine rings is 1. The number of benzene rings is 1. The van der Waals surface area contributed by atoms with Crippen LogP contribution < -0.4 is 15.8 Å². The van der Waals surface area contributed by atoms with Crippen LogP contribution in [0.15, 0.2) is 40.1 Å². The molecule has 1 fully saturated rings. The van der Waals surface area contributed by atoms with Gasteiger partial charge in [-0.15, -0.1) is 0 Å². The van der Waals surface area contributed by atoms with Crippen molar-refractivity contribution in [2.75, 3.05) is 25.0 Å². The van der Waals surface area contributed by atoms with Gasteiger partial charge in [-0.2, -0.15) is 0 Å². The highest BCUT2D eigenvalue weighted by molar-refractivity contribution is 9.10. The van der Waals surface area contributed by atoms with E-state index in [2.05, 4.69) is 37.7 Å². The smallest absolute Gasteiger partial charge is 0.253 e. The fourth-order valence-corrected chi connectivity index (χ4v) is 4.66. The number of aromatic nitrogens is 1. The number of likely N-dealkylation sites (tertiary alicyclic amines) is 1. The van der Waals surface area contributed by atoms with Gasteiger partial charge in [0.2, 0.25) is 5.91 Å². The van der Waals surface area contributed by atoms with Crippen LogP contribution in [0.4, 0.5) is 5.69 Å². The molecule has 8 heteroatoms. The molecule has 2 heterocycles. The van der Waals surface area contributed by atoms with Crippen molar-refractivity contribution in [3.63, 3.8) is 0 Å². The number of carbonyl (C=O) groups excluding carboxylic acids is 2. The average molecular weight is 501 g/mol. The summed E-state index contributed by atoms with van der Waals surface area (Å²) in [7, 11) is 1.98. The first-order chi connectivity index (χ1) is 15.1. The minimum Gasteiger partial charge on any atom is -0.369 e. The highest BCUT2D eigenvalue weighted by atomic mass is 79.9. The lowest BCUT2D eigenvalue weighted by Gasteiger charge is -2.29. The molecule has 1 aromatic carbocycles. The fraction of sp³-hybridized carbons (Fsp3) is 0.375. The van der Waals surface area contributed by atoms with E-state index in [-0.39, 0.29) is 30.0 Å². The molecular formula is C24H29BrN4O3. The van der Waals surface area contributed by atoms with E-state index >= 15 is 0 Å². The van der Waals surface area contributed by atoms with Gasteiger partial charge in [0.1, 0.15) is 0 Å². The summed E-state index contributed by atoms with van der Waals surface area (Å²) in [6.45, 7) is 10.6. The van der Waals surface area contributed by atoms with Crippen LogP contribution >= 0.6 is 15.9 Å². The zero-order valence-electron chi connectivity index (χ0n) is 18.9. The van der Waals surface area contributed by atoms with Crippen LogP contribution in [0.1, 0.15) is 39.2 Å². The van der Waals surface area contributed by atoms with Crippen LogP contribution in [0.2, 0.25) is 0 Å². The second-order valence-corrected chi connectivity index (χ2v) is 9.18. The van der Waals surface area contributed by atoms with Crippen molar-refractivity contribution in [2.24, 2.45) is 0 Å². The predicted molar refractivity (Wildman–Crippen MR) is 130 cm³/mol. The number of likely N-dealkylation sites (N-methyl/N-ethyl adjacent to an activating group) is 1. The third-order valence-electron chi connectivity index (χ3n) is 6.09. The summed E-state index contributed by atoms with van der Waals surface area (Å²) in [6, 6.07) is 5.81. The van der Waals surface area contributed by atoms with Gasteiger partial charge in [0.15, 0.2) is 0 Å². The molecule has 0 spiro atoms. The zero-order chi connectivity index (χ0) is 23.6. The Hall–Kier alpha value is -2.87. The molecule has 1 aliphatic heterocycles. The molecule has 170 valence electrons. The zero-order valence-corrected chi connectivity index (χ0v) is 20.5. The molecule has 1 unspecified atom stereocenters. The van der Waals surface area contributed by atoms with Crippen LogP contribution in [0.25, 0.3) is 0 Å². The first-order valence-electron chi connectivity index (χ1n) is 10.5. The van der Waals surface area contributed by atoms with Crippen molar-refractivity contribution in [3.8, 4) is 0 Å². The molecule has 0 aliphatic carbocycles. The van der Waals surface area contributed by atoms with Gasteiger partial charge in [-0.1, -0.05) is 22.5 Å². The molecule has 1 aromatic heterocycles. The highest BCUT2D eigenvalue weighted by Gasteiger charge is 2.29. The van der Waals surface area contributed by atoms with Crippen molar-refractivity contribution in [2.45, 2.75) is 39.8 Å². The number of nitrogens with one attached hydrogen (secondary N) is 2. The number of amides is 2. The summed E-state index contributed by atoms with van der Waals surface area (Å²) in [5, 5.41) is 2.89. The molecule has 2 amide bonds. The van der Waals surface area contributed by atoms with Crippen LogP contribution in [0.3, 0.4) is 0 Å². The number of hydrogen-bond donors (Lipinski definition) is 2. The number of H-pyrrole nitrogens is 1. The summed E-state index contributed by atoms with van der Waals surface area (Å²) in [5.41, 5.74) is 4.31. The van der Waals surface area contributed by atoms with E-state index in [1.54, 1.807) is 11.0 Å². The molecule has 0 bridgehead atoms. The Balaban J connectivity index is 1.80. The number of aromatic amines is 1. The van der Waals surface area contributed by atoms with Crippen molar-refractivity contribution in [3.05, 3.63) is 73.6 Å². The minimum absolute atomic E-state index is 0.0617. The summed E-state index contributed by atoms with van der Waals surface area (Å²) < 4.78 is 0.788. The van der Waals surface area contributed by atoms with Crippen molar-refractivity contribution in [1.82, 2.24) is 15.2 Å².